The summed E-state index contributed by atoms with van der Waals surface area (Å²) in [6.45, 7) is 2.76. The molecule has 0 saturated carbocycles. The van der Waals surface area contributed by atoms with Gasteiger partial charge in [0.25, 0.3) is 9.70 Å². The molecule has 0 spiro atoms. The van der Waals surface area contributed by atoms with Gasteiger partial charge in [0.15, 0.2) is 6.23 Å². The second-order valence-electron chi connectivity index (χ2n) is 9.02. The zero-order valence-electron chi connectivity index (χ0n) is 20.8. The number of carbonyl (C=O) groups is 1. The highest BCUT2D eigenvalue weighted by Gasteiger charge is 2.48. The first-order valence-electron chi connectivity index (χ1n) is 12.3. The van der Waals surface area contributed by atoms with E-state index in [1.165, 1.54) is 0 Å². The van der Waals surface area contributed by atoms with Crippen LogP contribution < -0.4 is 5.32 Å². The number of nitrogens with one attached hydrogen (secondary N) is 1. The highest BCUT2D eigenvalue weighted by atomic mass is 35.6. The maximum Gasteiger partial charge on any atom is 0.274 e. The van der Waals surface area contributed by atoms with Gasteiger partial charge in [-0.05, 0) is 23.6 Å². The first-order chi connectivity index (χ1) is 18.3. The summed E-state index contributed by atoms with van der Waals surface area (Å²) >= 11 is 17.6. The molecule has 1 aliphatic heterocycles. The molecule has 0 bridgehead atoms. The Morgan fingerprint density at radius 3 is 1.53 bits per heavy atom. The van der Waals surface area contributed by atoms with Crippen molar-refractivity contribution in [1.29, 1.82) is 0 Å². The van der Waals surface area contributed by atoms with Crippen LogP contribution in [0.2, 0.25) is 0 Å². The van der Waals surface area contributed by atoms with Crippen LogP contribution in [0.3, 0.4) is 0 Å². The second-order valence-corrected chi connectivity index (χ2v) is 11.3. The van der Waals surface area contributed by atoms with Crippen molar-refractivity contribution in [1.82, 2.24) is 5.32 Å². The Morgan fingerprint density at radius 2 is 1.11 bits per heavy atom. The highest BCUT2D eigenvalue weighted by molar-refractivity contribution is 6.76. The molecule has 0 radical (unpaired) electrons. The van der Waals surface area contributed by atoms with Gasteiger partial charge in [-0.3, -0.25) is 4.79 Å². The van der Waals surface area contributed by atoms with Gasteiger partial charge in [-0.15, -0.1) is 0 Å². The van der Waals surface area contributed by atoms with Crippen LogP contribution in [-0.4, -0.2) is 40.3 Å². The van der Waals surface area contributed by atoms with Gasteiger partial charge < -0.3 is 24.3 Å². The lowest BCUT2D eigenvalue weighted by molar-refractivity contribution is -0.266. The maximum absolute atomic E-state index is 12.6. The quantitative estimate of drug-likeness (QED) is 0.300. The van der Waals surface area contributed by atoms with E-state index in [-0.39, 0.29) is 6.61 Å². The van der Waals surface area contributed by atoms with Crippen LogP contribution in [0, 0.1) is 0 Å². The molecule has 1 unspecified atom stereocenters. The van der Waals surface area contributed by atoms with Gasteiger partial charge in [-0.1, -0.05) is 126 Å². The zero-order valence-corrected chi connectivity index (χ0v) is 23.1. The molecule has 38 heavy (non-hydrogen) atoms. The molecule has 1 saturated heterocycles. The van der Waals surface area contributed by atoms with E-state index in [1.807, 2.05) is 97.9 Å². The van der Waals surface area contributed by atoms with Gasteiger partial charge >= 0.3 is 0 Å². The number of carbonyl (C=O) groups excluding carboxylic acids is 1. The molecule has 3 aromatic rings. The van der Waals surface area contributed by atoms with Crippen molar-refractivity contribution in [3.05, 3.63) is 108 Å². The number of hydrogen-bond donors (Lipinski definition) is 1. The van der Waals surface area contributed by atoms with Crippen LogP contribution in [-0.2, 0) is 43.6 Å². The number of ether oxygens (including phenoxy) is 4. The van der Waals surface area contributed by atoms with Crippen molar-refractivity contribution in [2.45, 2.75) is 61.2 Å². The van der Waals surface area contributed by atoms with Crippen LogP contribution >= 0.6 is 34.8 Å². The van der Waals surface area contributed by atoms with Crippen molar-refractivity contribution in [3.8, 4) is 0 Å². The lowest BCUT2D eigenvalue weighted by Crippen LogP contribution is -2.64. The van der Waals surface area contributed by atoms with E-state index in [0.29, 0.717) is 13.2 Å². The zero-order chi connectivity index (χ0) is 27.0. The topological polar surface area (TPSA) is 66.0 Å². The lowest BCUT2D eigenvalue weighted by Gasteiger charge is -2.45. The minimum Gasteiger partial charge on any atom is -0.368 e. The Balaban J connectivity index is 1.61. The summed E-state index contributed by atoms with van der Waals surface area (Å²) in [6.07, 6.45) is -3.33. The molecule has 1 N–H and O–H groups in total. The third-order valence-corrected chi connectivity index (χ3v) is 6.67. The van der Waals surface area contributed by atoms with Gasteiger partial charge in [0, 0.05) is 0 Å². The molecular formula is C29H30Cl3NO5. The number of amides is 1. The molecule has 9 heteroatoms. The fourth-order valence-electron chi connectivity index (χ4n) is 4.24. The van der Waals surface area contributed by atoms with E-state index in [4.69, 9.17) is 53.8 Å². The molecule has 5 atom stereocenters. The summed E-state index contributed by atoms with van der Waals surface area (Å²) in [4.78, 5) is 12.6. The van der Waals surface area contributed by atoms with Crippen molar-refractivity contribution >= 4 is 40.7 Å². The standard InChI is InChI=1S/C29H30Cl3NO5/c1-20-24(35-17-21-11-5-2-6-12-21)25(36-18-22-13-7-3-8-14-22)26(37-19-23-15-9-4-10-16-23)27(38-20)33-28(34)29(30,31)32/h2-16,20,24-27H,17-19H2,1H3,(H,33,34)/t20-,24+,25+,26-,27?/m0/s1. The van der Waals surface area contributed by atoms with Crippen molar-refractivity contribution < 1.29 is 23.7 Å². The minimum atomic E-state index is -2.17. The molecule has 202 valence electrons. The predicted molar refractivity (Wildman–Crippen MR) is 148 cm³/mol. The van der Waals surface area contributed by atoms with E-state index in [0.717, 1.165) is 16.7 Å². The van der Waals surface area contributed by atoms with Gasteiger partial charge in [0.1, 0.15) is 18.3 Å². The summed E-state index contributed by atoms with van der Waals surface area (Å²) in [5.74, 6) is -0.821. The number of benzene rings is 3. The normalized spacial score (nSPS) is 23.6. The minimum absolute atomic E-state index is 0.250. The second kappa shape index (κ2) is 13.8. The molecule has 1 amide bonds. The van der Waals surface area contributed by atoms with Gasteiger partial charge in [-0.25, -0.2) is 0 Å². The Hall–Kier alpha value is -2.16. The first-order valence-corrected chi connectivity index (χ1v) is 13.4. The van der Waals surface area contributed by atoms with E-state index in [1.54, 1.807) is 0 Å². The molecule has 1 heterocycles. The number of hydrogen-bond acceptors (Lipinski definition) is 5. The van der Waals surface area contributed by atoms with Crippen molar-refractivity contribution in [3.63, 3.8) is 0 Å². The summed E-state index contributed by atoms with van der Waals surface area (Å²) in [6, 6.07) is 29.3. The summed E-state index contributed by atoms with van der Waals surface area (Å²) in [7, 11) is 0. The molecule has 3 aromatic carbocycles. The van der Waals surface area contributed by atoms with Crippen LogP contribution in [0.15, 0.2) is 91.0 Å². The average molecular weight is 579 g/mol. The predicted octanol–water partition coefficient (Wildman–Crippen LogP) is 5.97. The molecular weight excluding hydrogens is 549 g/mol. The Morgan fingerprint density at radius 1 is 0.711 bits per heavy atom. The van der Waals surface area contributed by atoms with Crippen LogP contribution in [0.25, 0.3) is 0 Å². The maximum atomic E-state index is 12.6. The average Bonchev–Trinajstić information content (AvgIpc) is 2.92. The third kappa shape index (κ3) is 8.17. The first kappa shape index (κ1) is 28.8. The fraction of sp³-hybridized carbons (Fsp3) is 0.345. The summed E-state index contributed by atoms with van der Waals surface area (Å²) < 4.78 is 23.2. The molecule has 1 fully saturated rings. The molecule has 0 aliphatic carbocycles. The number of halogens is 3. The van der Waals surface area contributed by atoms with E-state index >= 15 is 0 Å². The summed E-state index contributed by atoms with van der Waals surface area (Å²) in [5, 5.41) is 2.68. The van der Waals surface area contributed by atoms with Crippen LogP contribution in [0.5, 0.6) is 0 Å². The number of rotatable bonds is 10. The third-order valence-electron chi connectivity index (χ3n) is 6.16. The van der Waals surface area contributed by atoms with Crippen molar-refractivity contribution in [2.24, 2.45) is 0 Å². The Kier molecular flexibility index (Phi) is 10.4. The SMILES string of the molecule is C[C@@H]1OC(NC(=O)C(Cl)(Cl)Cl)[C@@H](OCc2ccccc2)[C@H](OCc2ccccc2)[C@@H]1OCc1ccccc1. The van der Waals surface area contributed by atoms with Gasteiger partial charge in [-0.2, -0.15) is 0 Å². The van der Waals surface area contributed by atoms with Crippen LogP contribution in [0.4, 0.5) is 0 Å². The Labute approximate surface area is 238 Å². The van der Waals surface area contributed by atoms with Gasteiger partial charge in [0.2, 0.25) is 0 Å². The van der Waals surface area contributed by atoms with Crippen molar-refractivity contribution in [2.75, 3.05) is 0 Å². The van der Waals surface area contributed by atoms with Crippen LogP contribution in [0.1, 0.15) is 23.6 Å². The smallest absolute Gasteiger partial charge is 0.274 e. The summed E-state index contributed by atoms with van der Waals surface area (Å²) in [5.41, 5.74) is 2.94. The van der Waals surface area contributed by atoms with Gasteiger partial charge in [0.05, 0.1) is 25.9 Å². The molecule has 1 aliphatic rings. The fourth-order valence-corrected chi connectivity index (χ4v) is 4.41. The molecule has 0 aromatic heterocycles. The van der Waals surface area contributed by atoms with E-state index in [9.17, 15) is 4.79 Å². The molecule has 4 rings (SSSR count). The lowest BCUT2D eigenvalue weighted by atomic mass is 9.97. The Bertz CT molecular complexity index is 1130. The monoisotopic (exact) mass is 577 g/mol. The molecule has 6 nitrogen and oxygen atoms in total. The van der Waals surface area contributed by atoms with E-state index < -0.39 is 40.3 Å². The highest BCUT2D eigenvalue weighted by Crippen LogP contribution is 2.31. The number of alkyl halides is 3. The van der Waals surface area contributed by atoms with E-state index in [2.05, 4.69) is 5.32 Å². The largest absolute Gasteiger partial charge is 0.368 e.